The molecule has 1 aliphatic rings. The van der Waals surface area contributed by atoms with E-state index in [2.05, 4.69) is 9.69 Å². The highest BCUT2D eigenvalue weighted by atomic mass is 35.5. The van der Waals surface area contributed by atoms with Crippen LogP contribution in [-0.4, -0.2) is 28.1 Å². The van der Waals surface area contributed by atoms with E-state index in [4.69, 9.17) is 23.1 Å². The number of anilines is 2. The third-order valence-corrected chi connectivity index (χ3v) is 6.96. The minimum atomic E-state index is -1.18. The highest BCUT2D eigenvalue weighted by molar-refractivity contribution is 7.09. The lowest BCUT2D eigenvalue weighted by Crippen LogP contribution is -2.46. The zero-order chi connectivity index (χ0) is 25.1. The molecule has 1 saturated carbocycles. The average molecular weight is 516 g/mol. The molecule has 0 spiro atoms. The van der Waals surface area contributed by atoms with Gasteiger partial charge in [-0.1, -0.05) is 42.6 Å². The monoisotopic (exact) mass is 515 g/mol. The molecule has 1 unspecified atom stereocenters. The standard InChI is InChI=1S/C24H23ClFN5O3S/c25-14-10-8-13(9-11-14)20(23(33)29-16-5-1-2-6-16)31(17-7-3-4-15(26)12-17)24(34)21-18(27)19(22(28)32)30-35-21/h3-4,7-12,16,20H,1-2,5-6,27H2,(H2,28,32)(H,29,33). The van der Waals surface area contributed by atoms with Gasteiger partial charge in [0.15, 0.2) is 5.69 Å². The molecule has 0 saturated heterocycles. The summed E-state index contributed by atoms with van der Waals surface area (Å²) >= 11 is 6.75. The largest absolute Gasteiger partial charge is 0.395 e. The number of benzene rings is 2. The Hall–Kier alpha value is -3.50. The van der Waals surface area contributed by atoms with E-state index in [1.165, 1.54) is 18.2 Å². The Bertz CT molecular complexity index is 1260. The Morgan fingerprint density at radius 3 is 2.43 bits per heavy atom. The summed E-state index contributed by atoms with van der Waals surface area (Å²) in [4.78, 5) is 40.3. The Balaban J connectivity index is 1.85. The minimum absolute atomic E-state index is 0.0308. The molecule has 4 rings (SSSR count). The number of nitrogens with zero attached hydrogens (tertiary/aromatic N) is 2. The van der Waals surface area contributed by atoms with E-state index in [-0.39, 0.29) is 28.0 Å². The van der Waals surface area contributed by atoms with Gasteiger partial charge < -0.3 is 16.8 Å². The van der Waals surface area contributed by atoms with Gasteiger partial charge in [0.25, 0.3) is 11.8 Å². The van der Waals surface area contributed by atoms with Gasteiger partial charge in [0.1, 0.15) is 16.7 Å². The maximum atomic E-state index is 14.3. The number of amides is 3. The molecule has 182 valence electrons. The van der Waals surface area contributed by atoms with Gasteiger partial charge in [-0.3, -0.25) is 19.3 Å². The normalized spacial score (nSPS) is 14.5. The Labute approximate surface area is 210 Å². The van der Waals surface area contributed by atoms with Crippen LogP contribution >= 0.6 is 23.1 Å². The molecule has 1 fully saturated rings. The van der Waals surface area contributed by atoms with Crippen LogP contribution in [0.5, 0.6) is 0 Å². The molecule has 1 heterocycles. The first-order chi connectivity index (χ1) is 16.8. The number of carbonyl (C=O) groups excluding carboxylic acids is 3. The molecule has 0 radical (unpaired) electrons. The van der Waals surface area contributed by atoms with Crippen molar-refractivity contribution in [3.8, 4) is 0 Å². The van der Waals surface area contributed by atoms with Crippen LogP contribution in [0.1, 0.15) is 57.4 Å². The zero-order valence-electron chi connectivity index (χ0n) is 18.5. The van der Waals surface area contributed by atoms with Crippen LogP contribution in [0, 0.1) is 5.82 Å². The molecule has 1 atom stereocenters. The lowest BCUT2D eigenvalue weighted by atomic mass is 10.0. The van der Waals surface area contributed by atoms with Gasteiger partial charge in [0.05, 0.1) is 5.69 Å². The highest BCUT2D eigenvalue weighted by Gasteiger charge is 2.37. The average Bonchev–Trinajstić information content (AvgIpc) is 3.47. The van der Waals surface area contributed by atoms with Crippen LogP contribution < -0.4 is 21.7 Å². The van der Waals surface area contributed by atoms with Crippen molar-refractivity contribution in [3.63, 3.8) is 0 Å². The fourth-order valence-corrected chi connectivity index (χ4v) is 5.03. The molecule has 5 N–H and O–H groups in total. The van der Waals surface area contributed by atoms with E-state index in [1.54, 1.807) is 24.3 Å². The second-order valence-electron chi connectivity index (χ2n) is 8.24. The van der Waals surface area contributed by atoms with Crippen molar-refractivity contribution < 1.29 is 18.8 Å². The molecule has 11 heteroatoms. The molecule has 35 heavy (non-hydrogen) atoms. The molecule has 0 bridgehead atoms. The van der Waals surface area contributed by atoms with Crippen molar-refractivity contribution >= 4 is 52.2 Å². The minimum Gasteiger partial charge on any atom is -0.395 e. The van der Waals surface area contributed by atoms with Gasteiger partial charge in [0, 0.05) is 16.8 Å². The topological polar surface area (TPSA) is 131 Å². The molecular formula is C24H23ClFN5O3S. The molecule has 8 nitrogen and oxygen atoms in total. The fraction of sp³-hybridized carbons (Fsp3) is 0.250. The van der Waals surface area contributed by atoms with Crippen molar-refractivity contribution in [3.05, 3.63) is 75.5 Å². The van der Waals surface area contributed by atoms with E-state index < -0.39 is 29.6 Å². The third kappa shape index (κ3) is 5.28. The van der Waals surface area contributed by atoms with Gasteiger partial charge >= 0.3 is 0 Å². The van der Waals surface area contributed by atoms with Crippen LogP contribution in [0.4, 0.5) is 15.8 Å². The molecule has 1 aliphatic carbocycles. The molecule has 1 aromatic heterocycles. The van der Waals surface area contributed by atoms with Gasteiger partial charge in [0.2, 0.25) is 5.91 Å². The fourth-order valence-electron chi connectivity index (χ4n) is 4.16. The number of halogens is 2. The quantitative estimate of drug-likeness (QED) is 0.436. The van der Waals surface area contributed by atoms with Crippen molar-refractivity contribution in [2.75, 3.05) is 10.6 Å². The lowest BCUT2D eigenvalue weighted by Gasteiger charge is -2.32. The first-order valence-electron chi connectivity index (χ1n) is 11.0. The van der Waals surface area contributed by atoms with Crippen molar-refractivity contribution in [2.45, 2.75) is 37.8 Å². The Morgan fingerprint density at radius 1 is 1.14 bits per heavy atom. The smallest absolute Gasteiger partial charge is 0.273 e. The Morgan fingerprint density at radius 2 is 1.83 bits per heavy atom. The summed E-state index contributed by atoms with van der Waals surface area (Å²) < 4.78 is 18.2. The number of aromatic nitrogens is 1. The van der Waals surface area contributed by atoms with Crippen LogP contribution in [-0.2, 0) is 4.79 Å². The van der Waals surface area contributed by atoms with Gasteiger partial charge in [-0.2, -0.15) is 4.37 Å². The molecule has 3 aromatic rings. The maximum Gasteiger partial charge on any atom is 0.273 e. The van der Waals surface area contributed by atoms with E-state index in [9.17, 15) is 18.8 Å². The number of primary amides is 1. The maximum absolute atomic E-state index is 14.3. The first-order valence-corrected chi connectivity index (χ1v) is 12.1. The van der Waals surface area contributed by atoms with E-state index in [0.29, 0.717) is 22.1 Å². The van der Waals surface area contributed by atoms with Crippen LogP contribution in [0.2, 0.25) is 5.02 Å². The number of hydrogen-bond acceptors (Lipinski definition) is 6. The second-order valence-corrected chi connectivity index (χ2v) is 9.45. The number of nitrogens with one attached hydrogen (secondary N) is 1. The molecule has 3 amide bonds. The first kappa shape index (κ1) is 24.6. The number of carbonyl (C=O) groups is 3. The third-order valence-electron chi connectivity index (χ3n) is 5.85. The second kappa shape index (κ2) is 10.4. The van der Waals surface area contributed by atoms with E-state index >= 15 is 0 Å². The van der Waals surface area contributed by atoms with Crippen LogP contribution in [0.25, 0.3) is 0 Å². The lowest BCUT2D eigenvalue weighted by molar-refractivity contribution is -0.123. The number of nitrogen functional groups attached to an aromatic ring is 1. The number of nitrogens with two attached hydrogens (primary N) is 2. The summed E-state index contributed by atoms with van der Waals surface area (Å²) in [5, 5.41) is 3.47. The predicted octanol–water partition coefficient (Wildman–Crippen LogP) is 4.06. The number of rotatable bonds is 7. The van der Waals surface area contributed by atoms with Gasteiger partial charge in [-0.15, -0.1) is 0 Å². The van der Waals surface area contributed by atoms with Crippen LogP contribution in [0.15, 0.2) is 48.5 Å². The highest BCUT2D eigenvalue weighted by Crippen LogP contribution is 2.34. The summed E-state index contributed by atoms with van der Waals surface area (Å²) in [6, 6.07) is 10.6. The summed E-state index contributed by atoms with van der Waals surface area (Å²) in [5.41, 5.74) is 11.5. The van der Waals surface area contributed by atoms with Crippen LogP contribution in [0.3, 0.4) is 0 Å². The summed E-state index contributed by atoms with van der Waals surface area (Å²) in [5.74, 6) is -2.64. The zero-order valence-corrected chi connectivity index (χ0v) is 20.1. The van der Waals surface area contributed by atoms with Crippen molar-refractivity contribution in [2.24, 2.45) is 5.73 Å². The molecular weight excluding hydrogens is 493 g/mol. The van der Waals surface area contributed by atoms with Gasteiger partial charge in [-0.25, -0.2) is 4.39 Å². The van der Waals surface area contributed by atoms with Crippen molar-refractivity contribution in [1.82, 2.24) is 9.69 Å². The summed E-state index contributed by atoms with van der Waals surface area (Å²) in [6.07, 6.45) is 3.65. The summed E-state index contributed by atoms with van der Waals surface area (Å²) in [7, 11) is 0. The molecule has 2 aromatic carbocycles. The SMILES string of the molecule is NC(=O)c1nsc(C(=O)N(c2cccc(F)c2)C(C(=O)NC2CCCC2)c2ccc(Cl)cc2)c1N. The van der Waals surface area contributed by atoms with Crippen molar-refractivity contribution in [1.29, 1.82) is 0 Å². The molecule has 0 aliphatic heterocycles. The van der Waals surface area contributed by atoms with E-state index in [0.717, 1.165) is 36.6 Å². The van der Waals surface area contributed by atoms with E-state index in [1.807, 2.05) is 0 Å². The number of hydrogen-bond donors (Lipinski definition) is 3. The van der Waals surface area contributed by atoms with Gasteiger partial charge in [-0.05, 0) is 60.3 Å². The predicted molar refractivity (Wildman–Crippen MR) is 133 cm³/mol. The summed E-state index contributed by atoms with van der Waals surface area (Å²) in [6.45, 7) is 0. The Kier molecular flexibility index (Phi) is 7.32.